The molecule has 0 aromatic heterocycles. The summed E-state index contributed by atoms with van der Waals surface area (Å²) in [7, 11) is 1.74. The van der Waals surface area contributed by atoms with Crippen molar-refractivity contribution in [3.8, 4) is 0 Å². The fourth-order valence-corrected chi connectivity index (χ4v) is 3.37. The van der Waals surface area contributed by atoms with Crippen molar-refractivity contribution in [2.45, 2.75) is 49.6 Å². The largest absolute Gasteiger partial charge is 0.387 e. The molecule has 3 saturated heterocycles. The van der Waals surface area contributed by atoms with Crippen molar-refractivity contribution in [2.75, 3.05) is 20.3 Å². The van der Waals surface area contributed by atoms with Gasteiger partial charge >= 0.3 is 0 Å². The van der Waals surface area contributed by atoms with Crippen LogP contribution in [-0.4, -0.2) is 42.9 Å². The highest BCUT2D eigenvalue weighted by molar-refractivity contribution is 5.11. The first-order chi connectivity index (χ1) is 7.67. The lowest BCUT2D eigenvalue weighted by Gasteiger charge is -2.50. The maximum Gasteiger partial charge on any atom is 0.161 e. The minimum absolute atomic E-state index is 0.0410. The molecule has 4 nitrogen and oxygen atoms in total. The van der Waals surface area contributed by atoms with Crippen LogP contribution in [0.3, 0.4) is 0 Å². The second-order valence-corrected chi connectivity index (χ2v) is 5.49. The lowest BCUT2D eigenvalue weighted by atomic mass is 9.68. The van der Waals surface area contributed by atoms with Crippen LogP contribution in [0.25, 0.3) is 0 Å². The number of methoxy groups -OCH3 is 1. The van der Waals surface area contributed by atoms with Crippen LogP contribution < -0.4 is 0 Å². The van der Waals surface area contributed by atoms with Gasteiger partial charge in [0.2, 0.25) is 0 Å². The molecule has 1 aliphatic carbocycles. The first-order valence-electron chi connectivity index (χ1n) is 6.18. The van der Waals surface area contributed by atoms with Gasteiger partial charge in [-0.3, -0.25) is 0 Å². The predicted molar refractivity (Wildman–Crippen MR) is 57.0 cm³/mol. The molecule has 92 valence electrons. The van der Waals surface area contributed by atoms with Crippen LogP contribution in [0.2, 0.25) is 0 Å². The SMILES string of the molecule is COCC1CCC(O)(C23COC(C2)O3)CC1. The standard InChI is InChI=1S/C12H20O4/c1-14-7-9-2-4-11(13,5-3-9)12-6-10(16-12)15-8-12/h9-10,13H,2-8H2,1H3. The lowest BCUT2D eigenvalue weighted by molar-refractivity contribution is -0.273. The third kappa shape index (κ3) is 1.44. The summed E-state index contributed by atoms with van der Waals surface area (Å²) in [6.45, 7) is 1.38. The van der Waals surface area contributed by atoms with Gasteiger partial charge in [0.1, 0.15) is 5.60 Å². The molecule has 2 bridgehead atoms. The van der Waals surface area contributed by atoms with Gasteiger partial charge in [0.15, 0.2) is 6.29 Å². The minimum atomic E-state index is -0.662. The van der Waals surface area contributed by atoms with E-state index in [1.165, 1.54) is 0 Å². The highest BCUT2D eigenvalue weighted by Crippen LogP contribution is 2.53. The van der Waals surface area contributed by atoms with E-state index in [1.54, 1.807) is 7.11 Å². The fourth-order valence-electron chi connectivity index (χ4n) is 3.37. The smallest absolute Gasteiger partial charge is 0.161 e. The molecule has 16 heavy (non-hydrogen) atoms. The summed E-state index contributed by atoms with van der Waals surface area (Å²) in [5, 5.41) is 10.7. The van der Waals surface area contributed by atoms with Crippen LogP contribution in [0.15, 0.2) is 0 Å². The van der Waals surface area contributed by atoms with E-state index in [2.05, 4.69) is 0 Å². The molecular weight excluding hydrogens is 208 g/mol. The van der Waals surface area contributed by atoms with Gasteiger partial charge in [0.25, 0.3) is 0 Å². The molecule has 2 unspecified atom stereocenters. The summed E-state index contributed by atoms with van der Waals surface area (Å²) in [5.41, 5.74) is -1.04. The first kappa shape index (κ1) is 11.0. The Labute approximate surface area is 95.9 Å². The molecule has 4 heteroatoms. The monoisotopic (exact) mass is 228 g/mol. The second kappa shape index (κ2) is 3.67. The van der Waals surface area contributed by atoms with Crippen LogP contribution in [0.5, 0.6) is 0 Å². The van der Waals surface area contributed by atoms with Gasteiger partial charge in [-0.15, -0.1) is 0 Å². The molecule has 3 aliphatic heterocycles. The van der Waals surface area contributed by atoms with Gasteiger partial charge in [-0.2, -0.15) is 0 Å². The molecular formula is C12H20O4. The molecule has 0 spiro atoms. The van der Waals surface area contributed by atoms with Crippen LogP contribution in [-0.2, 0) is 14.2 Å². The third-order valence-electron chi connectivity index (χ3n) is 4.54. The third-order valence-corrected chi connectivity index (χ3v) is 4.54. The zero-order chi connectivity index (χ0) is 11.2. The van der Waals surface area contributed by atoms with Crippen molar-refractivity contribution < 1.29 is 19.3 Å². The van der Waals surface area contributed by atoms with E-state index in [9.17, 15) is 5.11 Å². The van der Waals surface area contributed by atoms with Crippen LogP contribution >= 0.6 is 0 Å². The Morgan fingerprint density at radius 3 is 2.56 bits per heavy atom. The van der Waals surface area contributed by atoms with Gasteiger partial charge < -0.3 is 19.3 Å². The number of fused-ring (bicyclic) bond motifs is 1. The Morgan fingerprint density at radius 1 is 1.38 bits per heavy atom. The summed E-state index contributed by atoms with van der Waals surface area (Å²) in [6.07, 6.45) is 4.52. The predicted octanol–water partition coefficient (Wildman–Crippen LogP) is 1.07. The van der Waals surface area contributed by atoms with E-state index in [-0.39, 0.29) is 11.9 Å². The van der Waals surface area contributed by atoms with Gasteiger partial charge in [-0.05, 0) is 31.6 Å². The van der Waals surface area contributed by atoms with Crippen LogP contribution in [0.4, 0.5) is 0 Å². The van der Waals surface area contributed by atoms with Crippen LogP contribution in [0.1, 0.15) is 32.1 Å². The van der Waals surface area contributed by atoms with E-state index in [4.69, 9.17) is 14.2 Å². The van der Waals surface area contributed by atoms with Crippen molar-refractivity contribution in [3.05, 3.63) is 0 Å². The van der Waals surface area contributed by atoms with Crippen molar-refractivity contribution in [3.63, 3.8) is 0 Å². The molecule has 1 saturated carbocycles. The van der Waals surface area contributed by atoms with E-state index in [1.807, 2.05) is 0 Å². The van der Waals surface area contributed by atoms with Crippen molar-refractivity contribution >= 4 is 0 Å². The topological polar surface area (TPSA) is 47.9 Å². The second-order valence-electron chi connectivity index (χ2n) is 5.49. The van der Waals surface area contributed by atoms with Crippen molar-refractivity contribution in [1.29, 1.82) is 0 Å². The van der Waals surface area contributed by atoms with E-state index < -0.39 is 5.60 Å². The fraction of sp³-hybridized carbons (Fsp3) is 1.00. The number of rotatable bonds is 3. The Kier molecular flexibility index (Phi) is 2.51. The summed E-state index contributed by atoms with van der Waals surface area (Å²) >= 11 is 0. The Balaban J connectivity index is 1.63. The average molecular weight is 228 g/mol. The Hall–Kier alpha value is -0.160. The summed E-state index contributed by atoms with van der Waals surface area (Å²) in [4.78, 5) is 0. The van der Waals surface area contributed by atoms with Gasteiger partial charge in [-0.25, -0.2) is 0 Å². The molecule has 0 aromatic carbocycles. The molecule has 1 N–H and O–H groups in total. The van der Waals surface area contributed by atoms with Gasteiger partial charge in [0.05, 0.1) is 12.2 Å². The number of hydrogen-bond acceptors (Lipinski definition) is 4. The summed E-state index contributed by atoms with van der Waals surface area (Å²) in [6, 6.07) is 0. The molecule has 4 fully saturated rings. The van der Waals surface area contributed by atoms with Gasteiger partial charge in [0, 0.05) is 20.1 Å². The van der Waals surface area contributed by atoms with E-state index in [0.717, 1.165) is 38.7 Å². The van der Waals surface area contributed by atoms with E-state index >= 15 is 0 Å². The Morgan fingerprint density at radius 2 is 2.06 bits per heavy atom. The first-order valence-corrected chi connectivity index (χ1v) is 6.18. The van der Waals surface area contributed by atoms with Crippen LogP contribution in [0, 0.1) is 5.92 Å². The molecule has 0 amide bonds. The molecule has 4 aliphatic rings. The molecule has 2 atom stereocenters. The zero-order valence-corrected chi connectivity index (χ0v) is 9.78. The van der Waals surface area contributed by atoms with Gasteiger partial charge in [-0.1, -0.05) is 0 Å². The van der Waals surface area contributed by atoms with Crippen molar-refractivity contribution in [1.82, 2.24) is 0 Å². The molecule has 3 heterocycles. The zero-order valence-electron chi connectivity index (χ0n) is 9.78. The lowest BCUT2D eigenvalue weighted by Crippen LogP contribution is -2.62. The summed E-state index contributed by atoms with van der Waals surface area (Å²) in [5.74, 6) is 0.597. The Bertz CT molecular complexity index is 259. The molecule has 0 radical (unpaired) electrons. The molecule has 4 rings (SSSR count). The maximum atomic E-state index is 10.7. The average Bonchev–Trinajstić information content (AvgIpc) is 2.81. The highest BCUT2D eigenvalue weighted by atomic mass is 16.8. The summed E-state index contributed by atoms with van der Waals surface area (Å²) < 4.78 is 16.3. The van der Waals surface area contributed by atoms with Crippen molar-refractivity contribution in [2.24, 2.45) is 5.92 Å². The van der Waals surface area contributed by atoms with E-state index in [0.29, 0.717) is 12.5 Å². The highest BCUT2D eigenvalue weighted by Gasteiger charge is 2.65. The maximum absolute atomic E-state index is 10.7. The number of ether oxygens (including phenoxy) is 3. The minimum Gasteiger partial charge on any atom is -0.387 e. The number of aliphatic hydroxyl groups is 1. The number of hydrogen-bond donors (Lipinski definition) is 1. The quantitative estimate of drug-likeness (QED) is 0.785. The normalized spacial score (nSPS) is 51.4. The molecule has 0 aromatic rings.